The molecule has 5 rings (SSSR count). The highest BCUT2D eigenvalue weighted by Crippen LogP contribution is 2.75. The molecule has 0 aromatic rings. The summed E-state index contributed by atoms with van der Waals surface area (Å²) >= 11 is 0. The molecule has 1 aliphatic heterocycles. The predicted octanol–water partition coefficient (Wildman–Crippen LogP) is 6.18. The largest absolute Gasteiger partial charge is 0.411 e. The second-order valence-electron chi connectivity index (χ2n) is 15.4. The van der Waals surface area contributed by atoms with Gasteiger partial charge in [0, 0.05) is 5.92 Å². The SMILES string of the molecule is CC(C)(O)[C@H]1CC[C@@](C)([C@H]2CC[C@]3(C)[C@@H]2/C(=N/O)C[C@@H]2[C@@]4(C)CC[C@H](O)C(C)(C)[C@@H]4CC[C@]23C)O1. The molecule has 200 valence electrons. The summed E-state index contributed by atoms with van der Waals surface area (Å²) in [4.78, 5) is 0. The van der Waals surface area contributed by atoms with Crippen molar-refractivity contribution < 1.29 is 20.2 Å². The molecule has 0 radical (unpaired) electrons. The Kier molecular flexibility index (Phi) is 5.71. The lowest BCUT2D eigenvalue weighted by Gasteiger charge is -2.69. The van der Waals surface area contributed by atoms with Gasteiger partial charge in [-0.05, 0) is 118 Å². The van der Waals surface area contributed by atoms with Gasteiger partial charge >= 0.3 is 0 Å². The van der Waals surface area contributed by atoms with Gasteiger partial charge in [-0.3, -0.25) is 0 Å². The Labute approximate surface area is 213 Å². The fourth-order valence-corrected chi connectivity index (χ4v) is 10.9. The summed E-state index contributed by atoms with van der Waals surface area (Å²) in [7, 11) is 0. The maximum absolute atomic E-state index is 10.9. The smallest absolute Gasteiger partial charge is 0.0865 e. The van der Waals surface area contributed by atoms with Crippen LogP contribution in [0.5, 0.6) is 0 Å². The highest BCUT2D eigenvalue weighted by Gasteiger charge is 2.71. The summed E-state index contributed by atoms with van der Waals surface area (Å²) in [5.41, 5.74) is 0.104. The lowest BCUT2D eigenvalue weighted by atomic mass is 9.35. The molecule has 1 saturated heterocycles. The maximum Gasteiger partial charge on any atom is 0.0865 e. The van der Waals surface area contributed by atoms with Crippen LogP contribution in [0.1, 0.15) is 113 Å². The van der Waals surface area contributed by atoms with Crippen molar-refractivity contribution in [1.82, 2.24) is 0 Å². The van der Waals surface area contributed by atoms with Crippen LogP contribution < -0.4 is 0 Å². The Morgan fingerprint density at radius 1 is 0.857 bits per heavy atom. The van der Waals surface area contributed by atoms with Crippen LogP contribution in [0, 0.1) is 45.3 Å². The molecule has 0 unspecified atom stereocenters. The minimum atomic E-state index is -0.845. The first kappa shape index (κ1) is 26.0. The highest BCUT2D eigenvalue weighted by atomic mass is 16.5. The first-order chi connectivity index (χ1) is 16.0. The third kappa shape index (κ3) is 3.32. The zero-order chi connectivity index (χ0) is 25.8. The first-order valence-electron chi connectivity index (χ1n) is 14.3. The van der Waals surface area contributed by atoms with Crippen molar-refractivity contribution in [3.05, 3.63) is 0 Å². The van der Waals surface area contributed by atoms with E-state index in [1.807, 2.05) is 13.8 Å². The molecule has 5 fully saturated rings. The Hall–Kier alpha value is -0.650. The van der Waals surface area contributed by atoms with Crippen LogP contribution in [0.2, 0.25) is 0 Å². The fraction of sp³-hybridized carbons (Fsp3) is 0.967. The number of hydrogen-bond donors (Lipinski definition) is 3. The zero-order valence-corrected chi connectivity index (χ0v) is 23.5. The minimum Gasteiger partial charge on any atom is -0.411 e. The van der Waals surface area contributed by atoms with Crippen LogP contribution in [0.15, 0.2) is 5.16 Å². The normalized spacial score (nSPS) is 54.9. The van der Waals surface area contributed by atoms with E-state index in [4.69, 9.17) is 4.74 Å². The molecule has 0 aromatic carbocycles. The summed E-state index contributed by atoms with van der Waals surface area (Å²) in [6.45, 7) is 18.1. The van der Waals surface area contributed by atoms with Gasteiger partial charge in [0.15, 0.2) is 0 Å². The van der Waals surface area contributed by atoms with Crippen molar-refractivity contribution in [1.29, 1.82) is 0 Å². The van der Waals surface area contributed by atoms with E-state index >= 15 is 0 Å². The Balaban J connectivity index is 1.52. The molecule has 4 saturated carbocycles. The predicted molar refractivity (Wildman–Crippen MR) is 138 cm³/mol. The monoisotopic (exact) mass is 489 g/mol. The Bertz CT molecular complexity index is 893. The lowest BCUT2D eigenvalue weighted by molar-refractivity contribution is -0.208. The molecule has 0 bridgehead atoms. The van der Waals surface area contributed by atoms with Crippen LogP contribution in [0.4, 0.5) is 0 Å². The van der Waals surface area contributed by atoms with Gasteiger partial charge in [0.25, 0.3) is 0 Å². The number of fused-ring (bicyclic) bond motifs is 5. The van der Waals surface area contributed by atoms with Gasteiger partial charge in [0.2, 0.25) is 0 Å². The molecule has 0 aromatic heterocycles. The van der Waals surface area contributed by atoms with Gasteiger partial charge in [-0.1, -0.05) is 39.8 Å². The molecule has 0 amide bonds. The summed E-state index contributed by atoms with van der Waals surface area (Å²) < 4.78 is 6.68. The van der Waals surface area contributed by atoms with Crippen molar-refractivity contribution in [3.8, 4) is 0 Å². The quantitative estimate of drug-likeness (QED) is 0.319. The number of rotatable bonds is 2. The molecular formula is C30H51NO4. The third-order valence-corrected chi connectivity index (χ3v) is 13.2. The van der Waals surface area contributed by atoms with Crippen molar-refractivity contribution in [2.75, 3.05) is 0 Å². The van der Waals surface area contributed by atoms with E-state index in [1.54, 1.807) is 0 Å². The summed E-state index contributed by atoms with van der Waals surface area (Å²) in [6.07, 6.45) is 8.78. The lowest BCUT2D eigenvalue weighted by Crippen LogP contribution is -2.66. The zero-order valence-electron chi connectivity index (χ0n) is 23.5. The van der Waals surface area contributed by atoms with Gasteiger partial charge in [-0.25, -0.2) is 0 Å². The van der Waals surface area contributed by atoms with Gasteiger partial charge < -0.3 is 20.2 Å². The minimum absolute atomic E-state index is 0.0511. The molecule has 5 nitrogen and oxygen atoms in total. The standard InChI is InChI=1S/C30H51NO4/c1-25(2)20-10-15-28(6)21(27(20,5)13-11-22(25)32)17-19(31-34)24-18(9-14-29(24,28)7)30(8)16-12-23(35-30)26(3,4)33/h18,20-24,32-34H,9-17H2,1-8H3/b31-19+/t18-,20-,21+,22-,23+,24-,27-,28+,29+,30-/m0/s1. The average Bonchev–Trinajstić information content (AvgIpc) is 3.34. The first-order valence-corrected chi connectivity index (χ1v) is 14.3. The van der Waals surface area contributed by atoms with E-state index in [1.165, 1.54) is 12.8 Å². The van der Waals surface area contributed by atoms with Crippen LogP contribution in [-0.2, 0) is 4.74 Å². The molecule has 35 heavy (non-hydrogen) atoms. The van der Waals surface area contributed by atoms with Crippen molar-refractivity contribution in [2.45, 2.75) is 137 Å². The number of nitrogens with zero attached hydrogens (tertiary/aromatic N) is 1. The summed E-state index contributed by atoms with van der Waals surface area (Å²) in [5, 5.41) is 36.1. The summed E-state index contributed by atoms with van der Waals surface area (Å²) in [6, 6.07) is 0. The van der Waals surface area contributed by atoms with Gasteiger partial charge in [0.05, 0.1) is 29.1 Å². The molecule has 0 spiro atoms. The van der Waals surface area contributed by atoms with Crippen LogP contribution in [0.25, 0.3) is 0 Å². The molecule has 1 heterocycles. The van der Waals surface area contributed by atoms with Crippen LogP contribution in [0.3, 0.4) is 0 Å². The maximum atomic E-state index is 10.9. The second kappa shape index (κ2) is 7.69. The second-order valence-corrected chi connectivity index (χ2v) is 15.4. The van der Waals surface area contributed by atoms with Gasteiger partial charge in [-0.2, -0.15) is 0 Å². The van der Waals surface area contributed by atoms with E-state index < -0.39 is 5.60 Å². The third-order valence-electron chi connectivity index (χ3n) is 13.2. The van der Waals surface area contributed by atoms with E-state index in [0.717, 1.165) is 50.7 Å². The summed E-state index contributed by atoms with van der Waals surface area (Å²) in [5.74, 6) is 1.45. The molecular weight excluding hydrogens is 438 g/mol. The molecule has 5 aliphatic rings. The Morgan fingerprint density at radius 3 is 2.11 bits per heavy atom. The number of oxime groups is 1. The Morgan fingerprint density at radius 2 is 1.51 bits per heavy atom. The van der Waals surface area contributed by atoms with E-state index in [-0.39, 0.29) is 45.4 Å². The fourth-order valence-electron chi connectivity index (χ4n) is 10.9. The molecule has 3 N–H and O–H groups in total. The molecule has 10 atom stereocenters. The molecule has 4 aliphatic carbocycles. The number of aliphatic hydroxyl groups is 2. The van der Waals surface area contributed by atoms with E-state index in [9.17, 15) is 15.4 Å². The van der Waals surface area contributed by atoms with Crippen molar-refractivity contribution in [3.63, 3.8) is 0 Å². The van der Waals surface area contributed by atoms with Gasteiger partial charge in [0.1, 0.15) is 0 Å². The van der Waals surface area contributed by atoms with E-state index in [0.29, 0.717) is 17.8 Å². The topological polar surface area (TPSA) is 82.3 Å². The molecule has 5 heteroatoms. The highest BCUT2D eigenvalue weighted by molar-refractivity contribution is 5.89. The van der Waals surface area contributed by atoms with Gasteiger partial charge in [-0.15, -0.1) is 0 Å². The number of hydrogen-bond acceptors (Lipinski definition) is 5. The average molecular weight is 490 g/mol. The van der Waals surface area contributed by atoms with Crippen LogP contribution >= 0.6 is 0 Å². The van der Waals surface area contributed by atoms with Crippen molar-refractivity contribution >= 4 is 5.71 Å². The van der Waals surface area contributed by atoms with E-state index in [2.05, 4.69) is 46.7 Å². The van der Waals surface area contributed by atoms with Crippen molar-refractivity contribution in [2.24, 2.45) is 50.5 Å². The number of ether oxygens (including phenoxy) is 1. The number of aliphatic hydroxyl groups excluding tert-OH is 1. The van der Waals surface area contributed by atoms with Crippen LogP contribution in [-0.4, -0.2) is 44.5 Å².